The van der Waals surface area contributed by atoms with Crippen LogP contribution in [0.5, 0.6) is 11.5 Å². The molecular formula is C31H33Cl2N3O6S. The number of ether oxygens (including phenoxy) is 2. The normalized spacial score (nSPS) is 15.5. The van der Waals surface area contributed by atoms with Gasteiger partial charge in [-0.2, -0.15) is 0 Å². The maximum atomic E-state index is 14.2. The van der Waals surface area contributed by atoms with Crippen LogP contribution in [0.25, 0.3) is 0 Å². The zero-order chi connectivity index (χ0) is 30.6. The van der Waals surface area contributed by atoms with Crippen molar-refractivity contribution in [3.63, 3.8) is 0 Å². The van der Waals surface area contributed by atoms with Crippen LogP contribution >= 0.6 is 23.2 Å². The predicted octanol–water partition coefficient (Wildman–Crippen LogP) is 5.44. The number of nitrogens with zero attached hydrogens (tertiary/aromatic N) is 2. The maximum Gasteiger partial charge on any atom is 0.264 e. The van der Waals surface area contributed by atoms with Crippen LogP contribution in [0, 0.1) is 0 Å². The molecule has 228 valence electrons. The van der Waals surface area contributed by atoms with Crippen LogP contribution in [0.15, 0.2) is 71.6 Å². The molecule has 0 saturated heterocycles. The van der Waals surface area contributed by atoms with Gasteiger partial charge >= 0.3 is 0 Å². The van der Waals surface area contributed by atoms with Crippen molar-refractivity contribution in [2.24, 2.45) is 0 Å². The van der Waals surface area contributed by atoms with Gasteiger partial charge in [0.25, 0.3) is 10.0 Å². The van der Waals surface area contributed by atoms with Crippen LogP contribution < -0.4 is 19.1 Å². The zero-order valence-corrected chi connectivity index (χ0v) is 26.0. The number of nitrogens with one attached hydrogen (secondary N) is 1. The minimum absolute atomic E-state index is 0.00926. The molecule has 1 heterocycles. The minimum Gasteiger partial charge on any atom is -0.486 e. The number of carbonyl (C=O) groups is 2. The molecule has 5 rings (SSSR count). The Morgan fingerprint density at radius 2 is 1.63 bits per heavy atom. The number of anilines is 1. The Bertz CT molecular complexity index is 1580. The monoisotopic (exact) mass is 645 g/mol. The van der Waals surface area contributed by atoms with E-state index in [9.17, 15) is 18.0 Å². The fourth-order valence-corrected chi connectivity index (χ4v) is 6.99. The van der Waals surface area contributed by atoms with Crippen molar-refractivity contribution in [2.45, 2.75) is 56.1 Å². The summed E-state index contributed by atoms with van der Waals surface area (Å²) in [6.45, 7) is 1.77. The molecule has 0 bridgehead atoms. The lowest BCUT2D eigenvalue weighted by Crippen LogP contribution is -2.52. The Hall–Kier alpha value is -3.47. The summed E-state index contributed by atoms with van der Waals surface area (Å²) in [5.74, 6) is -0.0232. The van der Waals surface area contributed by atoms with Gasteiger partial charge < -0.3 is 19.7 Å². The number of halogens is 2. The summed E-state index contributed by atoms with van der Waals surface area (Å²) < 4.78 is 40.4. The van der Waals surface area contributed by atoms with Crippen molar-refractivity contribution in [1.82, 2.24) is 10.2 Å². The molecule has 3 aromatic carbocycles. The number of hydrogen-bond donors (Lipinski definition) is 1. The Morgan fingerprint density at radius 1 is 0.930 bits per heavy atom. The van der Waals surface area contributed by atoms with E-state index < -0.39 is 28.5 Å². The molecule has 1 N–H and O–H groups in total. The van der Waals surface area contributed by atoms with Gasteiger partial charge in [0.05, 0.1) is 20.6 Å². The van der Waals surface area contributed by atoms with Gasteiger partial charge in [0.15, 0.2) is 11.5 Å². The Labute approximate surface area is 261 Å². The highest BCUT2D eigenvalue weighted by Crippen LogP contribution is 2.36. The maximum absolute atomic E-state index is 14.2. The summed E-state index contributed by atoms with van der Waals surface area (Å²) >= 11 is 12.4. The molecule has 3 aromatic rings. The summed E-state index contributed by atoms with van der Waals surface area (Å²) in [5.41, 5.74) is 0.860. The van der Waals surface area contributed by atoms with Gasteiger partial charge in [0.1, 0.15) is 25.8 Å². The number of hydrogen-bond acceptors (Lipinski definition) is 6. The van der Waals surface area contributed by atoms with Crippen LogP contribution in [-0.4, -0.2) is 57.0 Å². The van der Waals surface area contributed by atoms with Gasteiger partial charge in [-0.3, -0.25) is 13.9 Å². The fourth-order valence-electron chi connectivity index (χ4n) is 5.24. The minimum atomic E-state index is -4.21. The largest absolute Gasteiger partial charge is 0.486 e. The molecule has 1 unspecified atom stereocenters. The molecule has 1 fully saturated rings. The summed E-state index contributed by atoms with van der Waals surface area (Å²) in [4.78, 5) is 28.9. The third kappa shape index (κ3) is 7.20. The first-order valence-corrected chi connectivity index (χ1v) is 16.3. The van der Waals surface area contributed by atoms with Gasteiger partial charge in [-0.1, -0.05) is 60.3 Å². The molecule has 43 heavy (non-hydrogen) atoms. The van der Waals surface area contributed by atoms with E-state index >= 15 is 0 Å². The van der Waals surface area contributed by atoms with E-state index in [0.29, 0.717) is 40.3 Å². The van der Waals surface area contributed by atoms with E-state index in [0.717, 1.165) is 30.0 Å². The molecular weight excluding hydrogens is 613 g/mol. The number of amides is 2. The lowest BCUT2D eigenvalue weighted by atomic mass is 10.1. The standard InChI is InChI=1S/C31H33Cl2N3O6S/c1-21(31(38)34-23-7-5-6-8-23)35(19-22-11-13-26(32)27(33)17-22)30(37)20-36(43(39,40)25-9-3-2-4-10-25)24-12-14-28-29(18-24)42-16-15-41-28/h2-4,9-14,17-18,21,23H,5-8,15-16,19-20H2,1H3,(H,34,38). The third-order valence-electron chi connectivity index (χ3n) is 7.63. The van der Waals surface area contributed by atoms with E-state index in [1.54, 1.807) is 61.5 Å². The van der Waals surface area contributed by atoms with E-state index in [4.69, 9.17) is 32.7 Å². The van der Waals surface area contributed by atoms with E-state index in [1.807, 2.05) is 0 Å². The van der Waals surface area contributed by atoms with Crippen LogP contribution in [-0.2, 0) is 26.2 Å². The Balaban J connectivity index is 1.50. The first-order valence-electron chi connectivity index (χ1n) is 14.1. The van der Waals surface area contributed by atoms with Crippen molar-refractivity contribution in [3.8, 4) is 11.5 Å². The quantitative estimate of drug-likeness (QED) is 0.315. The van der Waals surface area contributed by atoms with Gasteiger partial charge in [-0.05, 0) is 61.7 Å². The summed E-state index contributed by atoms with van der Waals surface area (Å²) in [6, 6.07) is 16.7. The third-order valence-corrected chi connectivity index (χ3v) is 10.2. The topological polar surface area (TPSA) is 105 Å². The second kappa shape index (κ2) is 13.4. The Morgan fingerprint density at radius 3 is 2.33 bits per heavy atom. The van der Waals surface area contributed by atoms with Crippen LogP contribution in [0.3, 0.4) is 0 Å². The smallest absolute Gasteiger partial charge is 0.264 e. The molecule has 2 aliphatic rings. The van der Waals surface area contributed by atoms with Crippen molar-refractivity contribution >= 4 is 50.7 Å². The van der Waals surface area contributed by atoms with Crippen molar-refractivity contribution in [2.75, 3.05) is 24.1 Å². The number of benzene rings is 3. The molecule has 1 atom stereocenters. The highest BCUT2D eigenvalue weighted by Gasteiger charge is 2.34. The summed E-state index contributed by atoms with van der Waals surface area (Å²) in [7, 11) is -4.21. The Kier molecular flexibility index (Phi) is 9.68. The van der Waals surface area contributed by atoms with Gasteiger partial charge in [0.2, 0.25) is 11.8 Å². The number of rotatable bonds is 10. The summed E-state index contributed by atoms with van der Waals surface area (Å²) in [6.07, 6.45) is 3.83. The first kappa shape index (κ1) is 31.0. The first-order chi connectivity index (χ1) is 20.6. The van der Waals surface area contributed by atoms with Gasteiger partial charge in [0, 0.05) is 18.7 Å². The molecule has 1 saturated carbocycles. The van der Waals surface area contributed by atoms with Crippen LogP contribution in [0.4, 0.5) is 5.69 Å². The molecule has 0 spiro atoms. The molecule has 0 radical (unpaired) electrons. The molecule has 9 nitrogen and oxygen atoms in total. The second-order valence-electron chi connectivity index (χ2n) is 10.6. The predicted molar refractivity (Wildman–Crippen MR) is 165 cm³/mol. The molecule has 0 aromatic heterocycles. The fraction of sp³-hybridized carbons (Fsp3) is 0.355. The SMILES string of the molecule is CC(C(=O)NC1CCCC1)N(Cc1ccc(Cl)c(Cl)c1)C(=O)CN(c1ccc2c(c1)OCCO2)S(=O)(=O)c1ccccc1. The van der Waals surface area contributed by atoms with Gasteiger partial charge in [-0.25, -0.2) is 8.42 Å². The number of carbonyl (C=O) groups excluding carboxylic acids is 2. The lowest BCUT2D eigenvalue weighted by Gasteiger charge is -2.33. The average Bonchev–Trinajstić information content (AvgIpc) is 3.53. The van der Waals surface area contributed by atoms with Gasteiger partial charge in [-0.15, -0.1) is 0 Å². The summed E-state index contributed by atoms with van der Waals surface area (Å²) in [5, 5.41) is 3.71. The molecule has 2 amide bonds. The van der Waals surface area contributed by atoms with E-state index in [-0.39, 0.29) is 29.1 Å². The van der Waals surface area contributed by atoms with E-state index in [1.165, 1.54) is 17.0 Å². The zero-order valence-electron chi connectivity index (χ0n) is 23.7. The number of sulfonamides is 1. The van der Waals surface area contributed by atoms with Crippen molar-refractivity contribution in [3.05, 3.63) is 82.3 Å². The lowest BCUT2D eigenvalue weighted by molar-refractivity contribution is -0.139. The second-order valence-corrected chi connectivity index (χ2v) is 13.3. The average molecular weight is 647 g/mol. The van der Waals surface area contributed by atoms with E-state index in [2.05, 4.69) is 5.32 Å². The van der Waals surface area contributed by atoms with Crippen molar-refractivity contribution in [1.29, 1.82) is 0 Å². The van der Waals surface area contributed by atoms with Crippen LogP contribution in [0.1, 0.15) is 38.2 Å². The molecule has 1 aliphatic carbocycles. The van der Waals surface area contributed by atoms with Crippen LogP contribution in [0.2, 0.25) is 10.0 Å². The molecule has 12 heteroatoms. The number of fused-ring (bicyclic) bond motifs is 1. The highest BCUT2D eigenvalue weighted by atomic mass is 35.5. The highest BCUT2D eigenvalue weighted by molar-refractivity contribution is 7.92. The molecule has 1 aliphatic heterocycles. The van der Waals surface area contributed by atoms with Crippen molar-refractivity contribution < 1.29 is 27.5 Å².